The first-order valence-corrected chi connectivity index (χ1v) is 13.7. The van der Waals surface area contributed by atoms with Crippen LogP contribution in [0, 0.1) is 0 Å². The number of carbonyl (C=O) groups is 4. The molecule has 4 aromatic rings. The van der Waals surface area contributed by atoms with Crippen molar-refractivity contribution in [1.82, 2.24) is 4.90 Å². The van der Waals surface area contributed by atoms with Gasteiger partial charge in [-0.2, -0.15) is 0 Å². The van der Waals surface area contributed by atoms with E-state index in [2.05, 4.69) is 0 Å². The standard InChI is InChI=1S/C34H29NO8/c1-43-30-15-5-4-13-24(30)22-11-6-8-20(16-22)19-35(29-14-7-10-21-9-2-3-12-23(21)29)31(36)25-17-27(33(39)40)28(34(41)42)18-26(25)32(37)38/h2-6,8-9,11-13,15-18,29H,7,10,14,19H2,1H3,(H,37,38)(H,39,40)(H,41,42)/t29-/m0/s1. The smallest absolute Gasteiger partial charge is 0.336 e. The monoisotopic (exact) mass is 579 g/mol. The summed E-state index contributed by atoms with van der Waals surface area (Å²) in [7, 11) is 1.59. The largest absolute Gasteiger partial charge is 0.496 e. The van der Waals surface area contributed by atoms with Crippen LogP contribution in [0.15, 0.2) is 84.9 Å². The molecular formula is C34H29NO8. The SMILES string of the molecule is COc1ccccc1-c1cccc(CN(C(=O)c2cc(C(=O)O)c(C(=O)O)cc2C(=O)O)[C@H]2CCCc3ccccc32)c1. The molecule has 1 aliphatic carbocycles. The van der Waals surface area contributed by atoms with Crippen molar-refractivity contribution in [3.63, 3.8) is 0 Å². The summed E-state index contributed by atoms with van der Waals surface area (Å²) in [4.78, 5) is 52.0. The molecule has 0 aliphatic heterocycles. The number of fused-ring (bicyclic) bond motifs is 1. The molecule has 0 fully saturated rings. The number of carboxylic acids is 3. The molecule has 1 aliphatic rings. The molecule has 3 N–H and O–H groups in total. The minimum absolute atomic E-state index is 0.0863. The van der Waals surface area contributed by atoms with Gasteiger partial charge in [-0.1, -0.05) is 60.7 Å². The van der Waals surface area contributed by atoms with E-state index in [-0.39, 0.29) is 12.1 Å². The lowest BCUT2D eigenvalue weighted by Crippen LogP contribution is -2.37. The Labute approximate surface area is 247 Å². The zero-order chi connectivity index (χ0) is 30.7. The van der Waals surface area contributed by atoms with E-state index in [1.807, 2.05) is 72.8 Å². The number of aryl methyl sites for hydroxylation is 1. The Morgan fingerprint density at radius 2 is 1.40 bits per heavy atom. The molecule has 0 saturated heterocycles. The van der Waals surface area contributed by atoms with Gasteiger partial charge in [0.2, 0.25) is 0 Å². The van der Waals surface area contributed by atoms with E-state index >= 15 is 0 Å². The topological polar surface area (TPSA) is 141 Å². The lowest BCUT2D eigenvalue weighted by molar-refractivity contribution is 0.0611. The van der Waals surface area contributed by atoms with Crippen LogP contribution in [0.4, 0.5) is 0 Å². The van der Waals surface area contributed by atoms with Gasteiger partial charge in [0.15, 0.2) is 0 Å². The van der Waals surface area contributed by atoms with Gasteiger partial charge in [0.1, 0.15) is 5.75 Å². The molecule has 0 spiro atoms. The van der Waals surface area contributed by atoms with Crippen LogP contribution in [0.3, 0.4) is 0 Å². The minimum atomic E-state index is -1.61. The second-order valence-electron chi connectivity index (χ2n) is 10.3. The van der Waals surface area contributed by atoms with Crippen LogP contribution < -0.4 is 4.74 Å². The van der Waals surface area contributed by atoms with E-state index in [1.165, 1.54) is 0 Å². The van der Waals surface area contributed by atoms with Gasteiger partial charge in [0.05, 0.1) is 35.4 Å². The summed E-state index contributed by atoms with van der Waals surface area (Å²) >= 11 is 0. The molecule has 5 rings (SSSR count). The highest BCUT2D eigenvalue weighted by atomic mass is 16.5. The van der Waals surface area contributed by atoms with Gasteiger partial charge in [-0.25, -0.2) is 14.4 Å². The molecule has 0 aromatic heterocycles. The molecular weight excluding hydrogens is 550 g/mol. The van der Waals surface area contributed by atoms with Gasteiger partial charge in [-0.15, -0.1) is 0 Å². The molecule has 4 aromatic carbocycles. The van der Waals surface area contributed by atoms with E-state index in [1.54, 1.807) is 12.0 Å². The van der Waals surface area contributed by atoms with Crippen LogP contribution in [-0.4, -0.2) is 51.1 Å². The molecule has 1 amide bonds. The van der Waals surface area contributed by atoms with E-state index in [9.17, 15) is 34.5 Å². The zero-order valence-electron chi connectivity index (χ0n) is 23.3. The summed E-state index contributed by atoms with van der Waals surface area (Å²) in [5, 5.41) is 29.3. The molecule has 218 valence electrons. The van der Waals surface area contributed by atoms with Gasteiger partial charge in [0, 0.05) is 12.1 Å². The summed E-state index contributed by atoms with van der Waals surface area (Å²) in [5.74, 6) is -4.75. The Balaban J connectivity index is 1.65. The molecule has 1 atom stereocenters. The maximum atomic E-state index is 14.4. The summed E-state index contributed by atoms with van der Waals surface area (Å²) < 4.78 is 5.53. The number of aromatic carboxylic acids is 3. The number of nitrogens with zero attached hydrogens (tertiary/aromatic N) is 1. The van der Waals surface area contributed by atoms with Crippen molar-refractivity contribution < 1.29 is 39.2 Å². The average molecular weight is 580 g/mol. The highest BCUT2D eigenvalue weighted by Gasteiger charge is 2.33. The van der Waals surface area contributed by atoms with Crippen LogP contribution in [0.2, 0.25) is 0 Å². The molecule has 0 saturated carbocycles. The zero-order valence-corrected chi connectivity index (χ0v) is 23.3. The van der Waals surface area contributed by atoms with Crippen LogP contribution in [0.25, 0.3) is 11.1 Å². The molecule has 0 bridgehead atoms. The van der Waals surface area contributed by atoms with Crippen molar-refractivity contribution in [2.24, 2.45) is 0 Å². The minimum Gasteiger partial charge on any atom is -0.496 e. The third-order valence-electron chi connectivity index (χ3n) is 7.75. The van der Waals surface area contributed by atoms with Crippen molar-refractivity contribution in [2.75, 3.05) is 7.11 Å². The number of amides is 1. The lowest BCUT2D eigenvalue weighted by atomic mass is 9.86. The van der Waals surface area contributed by atoms with Crippen molar-refractivity contribution in [1.29, 1.82) is 0 Å². The first-order valence-electron chi connectivity index (χ1n) is 13.7. The third-order valence-corrected chi connectivity index (χ3v) is 7.75. The Kier molecular flexibility index (Phi) is 8.25. The van der Waals surface area contributed by atoms with Crippen LogP contribution in [-0.2, 0) is 13.0 Å². The number of para-hydroxylation sites is 1. The van der Waals surface area contributed by atoms with Gasteiger partial charge < -0.3 is 25.0 Å². The fourth-order valence-corrected chi connectivity index (χ4v) is 5.75. The number of hydrogen-bond donors (Lipinski definition) is 3. The van der Waals surface area contributed by atoms with Crippen molar-refractivity contribution in [2.45, 2.75) is 31.8 Å². The van der Waals surface area contributed by atoms with Crippen LogP contribution in [0.5, 0.6) is 5.75 Å². The number of methoxy groups -OCH3 is 1. The van der Waals surface area contributed by atoms with E-state index in [0.29, 0.717) is 12.2 Å². The second-order valence-corrected chi connectivity index (χ2v) is 10.3. The van der Waals surface area contributed by atoms with E-state index in [0.717, 1.165) is 52.8 Å². The predicted octanol–water partition coefficient (Wildman–Crippen LogP) is 6.18. The van der Waals surface area contributed by atoms with Gasteiger partial charge in [0.25, 0.3) is 5.91 Å². The summed E-state index contributed by atoms with van der Waals surface area (Å²) in [6, 6.07) is 24.1. The highest BCUT2D eigenvalue weighted by Crippen LogP contribution is 2.37. The third kappa shape index (κ3) is 5.83. The van der Waals surface area contributed by atoms with Crippen molar-refractivity contribution >= 4 is 23.8 Å². The summed E-state index contributed by atoms with van der Waals surface area (Å²) in [6.07, 6.45) is 2.22. The summed E-state index contributed by atoms with van der Waals surface area (Å²) in [6.45, 7) is 0.0863. The molecule has 0 heterocycles. The number of carboxylic acid groups (broad SMARTS) is 3. The van der Waals surface area contributed by atoms with Gasteiger partial charge in [-0.3, -0.25) is 4.79 Å². The molecule has 9 heteroatoms. The van der Waals surface area contributed by atoms with Crippen molar-refractivity contribution in [3.05, 3.63) is 124 Å². The van der Waals surface area contributed by atoms with Crippen LogP contribution >= 0.6 is 0 Å². The van der Waals surface area contributed by atoms with Crippen molar-refractivity contribution in [3.8, 4) is 16.9 Å². The van der Waals surface area contributed by atoms with E-state index < -0.39 is 46.5 Å². The maximum Gasteiger partial charge on any atom is 0.336 e. The van der Waals surface area contributed by atoms with Crippen LogP contribution in [0.1, 0.15) is 77.0 Å². The normalized spacial score (nSPS) is 13.9. The Morgan fingerprint density at radius 3 is 2.09 bits per heavy atom. The second kappa shape index (κ2) is 12.2. The maximum absolute atomic E-state index is 14.4. The quantitative estimate of drug-likeness (QED) is 0.214. The number of rotatable bonds is 9. The molecule has 0 unspecified atom stereocenters. The number of benzene rings is 4. The molecule has 43 heavy (non-hydrogen) atoms. The lowest BCUT2D eigenvalue weighted by Gasteiger charge is -2.36. The van der Waals surface area contributed by atoms with E-state index in [4.69, 9.17) is 4.74 Å². The highest BCUT2D eigenvalue weighted by molar-refractivity contribution is 6.10. The first-order chi connectivity index (χ1) is 20.7. The number of carbonyl (C=O) groups excluding carboxylic acids is 1. The Bertz CT molecular complexity index is 1740. The Morgan fingerprint density at radius 1 is 0.767 bits per heavy atom. The fraction of sp³-hybridized carbons (Fsp3) is 0.176. The fourth-order valence-electron chi connectivity index (χ4n) is 5.75. The Hall–Kier alpha value is -5.44. The number of hydrogen-bond acceptors (Lipinski definition) is 5. The summed E-state index contributed by atoms with van der Waals surface area (Å²) in [5.41, 5.74) is 2.14. The number of ether oxygens (including phenoxy) is 1. The van der Waals surface area contributed by atoms with Gasteiger partial charge in [-0.05, 0) is 65.8 Å². The predicted molar refractivity (Wildman–Crippen MR) is 158 cm³/mol. The first kappa shape index (κ1) is 29.1. The molecule has 0 radical (unpaired) electrons. The van der Waals surface area contributed by atoms with Gasteiger partial charge >= 0.3 is 17.9 Å². The average Bonchev–Trinajstić information content (AvgIpc) is 3.02. The molecule has 9 nitrogen and oxygen atoms in total.